The number of hydrogen-bond donors (Lipinski definition) is 2. The lowest BCUT2D eigenvalue weighted by Crippen LogP contribution is -2.20. The van der Waals surface area contributed by atoms with Gasteiger partial charge in [0.15, 0.2) is 0 Å². The molecule has 0 aliphatic carbocycles. The first-order valence-electron chi connectivity index (χ1n) is 5.49. The standard InChI is InChI=1S/C12H16N2O4S/c1-13-9-5-4-8(12(16)17)6-10(9)19-14(2)7-11(15)18-3/h4-6,13H,7H2,1-3H3,(H,16,17). The molecule has 0 radical (unpaired) electrons. The van der Waals surface area contributed by atoms with E-state index in [2.05, 4.69) is 10.1 Å². The van der Waals surface area contributed by atoms with Crippen molar-refractivity contribution >= 4 is 29.6 Å². The number of nitrogens with zero attached hydrogens (tertiary/aromatic N) is 1. The molecule has 104 valence electrons. The number of nitrogens with one attached hydrogen (secondary N) is 1. The summed E-state index contributed by atoms with van der Waals surface area (Å²) in [4.78, 5) is 22.8. The van der Waals surface area contributed by atoms with Gasteiger partial charge in [0, 0.05) is 17.6 Å². The molecule has 7 heteroatoms. The third-order valence-electron chi connectivity index (χ3n) is 2.33. The molecule has 0 amide bonds. The number of carbonyl (C=O) groups excluding carboxylic acids is 1. The van der Waals surface area contributed by atoms with Crippen molar-refractivity contribution in [1.82, 2.24) is 4.31 Å². The van der Waals surface area contributed by atoms with E-state index in [-0.39, 0.29) is 18.1 Å². The summed E-state index contributed by atoms with van der Waals surface area (Å²) >= 11 is 1.28. The number of anilines is 1. The summed E-state index contributed by atoms with van der Waals surface area (Å²) in [7, 11) is 4.81. The Bertz CT molecular complexity index is 479. The highest BCUT2D eigenvalue weighted by molar-refractivity contribution is 7.97. The molecule has 1 aromatic rings. The number of esters is 1. The first-order valence-corrected chi connectivity index (χ1v) is 6.26. The lowest BCUT2D eigenvalue weighted by atomic mass is 10.2. The summed E-state index contributed by atoms with van der Waals surface area (Å²) in [6, 6.07) is 4.78. The van der Waals surface area contributed by atoms with Gasteiger partial charge in [-0.25, -0.2) is 9.10 Å². The third kappa shape index (κ3) is 4.46. The van der Waals surface area contributed by atoms with Gasteiger partial charge >= 0.3 is 11.9 Å². The summed E-state index contributed by atoms with van der Waals surface area (Å²) in [6.45, 7) is 0.113. The Morgan fingerprint density at radius 3 is 2.68 bits per heavy atom. The number of carbonyl (C=O) groups is 2. The van der Waals surface area contributed by atoms with E-state index in [4.69, 9.17) is 5.11 Å². The highest BCUT2D eigenvalue weighted by Crippen LogP contribution is 2.30. The van der Waals surface area contributed by atoms with Gasteiger partial charge in [-0.1, -0.05) is 0 Å². The van der Waals surface area contributed by atoms with Crippen LogP contribution in [0.4, 0.5) is 5.69 Å². The monoisotopic (exact) mass is 284 g/mol. The fourth-order valence-electron chi connectivity index (χ4n) is 1.38. The Morgan fingerprint density at radius 2 is 2.16 bits per heavy atom. The van der Waals surface area contributed by atoms with Crippen molar-refractivity contribution < 1.29 is 19.4 Å². The van der Waals surface area contributed by atoms with Gasteiger partial charge in [0.1, 0.15) is 6.54 Å². The second-order valence-corrected chi connectivity index (χ2v) is 4.97. The summed E-state index contributed by atoms with van der Waals surface area (Å²) < 4.78 is 6.25. The van der Waals surface area contributed by atoms with E-state index in [1.54, 1.807) is 30.5 Å². The van der Waals surface area contributed by atoms with Gasteiger partial charge < -0.3 is 15.2 Å². The predicted molar refractivity (Wildman–Crippen MR) is 73.5 cm³/mol. The van der Waals surface area contributed by atoms with E-state index in [0.29, 0.717) is 0 Å². The predicted octanol–water partition coefficient (Wildman–Crippen LogP) is 1.54. The van der Waals surface area contributed by atoms with Crippen molar-refractivity contribution in [3.8, 4) is 0 Å². The zero-order chi connectivity index (χ0) is 14.4. The molecule has 2 N–H and O–H groups in total. The fraction of sp³-hybridized carbons (Fsp3) is 0.333. The molecule has 0 atom stereocenters. The van der Waals surface area contributed by atoms with Crippen LogP contribution in [-0.4, -0.2) is 49.1 Å². The number of methoxy groups -OCH3 is 1. The maximum atomic E-state index is 11.2. The average molecular weight is 284 g/mol. The van der Waals surface area contributed by atoms with Gasteiger partial charge in [-0.3, -0.25) is 4.79 Å². The Morgan fingerprint density at radius 1 is 1.47 bits per heavy atom. The van der Waals surface area contributed by atoms with Crippen LogP contribution in [0.3, 0.4) is 0 Å². The molecule has 1 aromatic carbocycles. The van der Waals surface area contributed by atoms with Crippen LogP contribution < -0.4 is 5.32 Å². The van der Waals surface area contributed by atoms with E-state index < -0.39 is 5.97 Å². The molecule has 0 aliphatic rings. The second kappa shape index (κ2) is 7.01. The van der Waals surface area contributed by atoms with Crippen LogP contribution >= 0.6 is 11.9 Å². The molecular formula is C12H16N2O4S. The van der Waals surface area contributed by atoms with Gasteiger partial charge in [0.2, 0.25) is 0 Å². The van der Waals surface area contributed by atoms with E-state index in [1.165, 1.54) is 25.1 Å². The molecule has 0 saturated carbocycles. The number of benzene rings is 1. The number of carboxylic acids is 1. The Hall–Kier alpha value is -1.73. The van der Waals surface area contributed by atoms with Crippen LogP contribution in [0, 0.1) is 0 Å². The molecule has 0 fully saturated rings. The second-order valence-electron chi connectivity index (χ2n) is 3.72. The van der Waals surface area contributed by atoms with Gasteiger partial charge in [0.05, 0.1) is 12.7 Å². The average Bonchev–Trinajstić information content (AvgIpc) is 2.38. The van der Waals surface area contributed by atoms with Crippen molar-refractivity contribution in [2.75, 3.05) is 33.1 Å². The van der Waals surface area contributed by atoms with Gasteiger partial charge in [-0.15, -0.1) is 0 Å². The minimum absolute atomic E-state index is 0.113. The summed E-state index contributed by atoms with van der Waals surface area (Å²) in [5.41, 5.74) is 1.000. The van der Waals surface area contributed by atoms with Crippen molar-refractivity contribution in [2.24, 2.45) is 0 Å². The number of likely N-dealkylation sites (N-methyl/N-ethyl adjacent to an activating group) is 1. The SMILES string of the molecule is CNc1ccc(C(=O)O)cc1SN(C)CC(=O)OC. The first-order chi connectivity index (χ1) is 8.97. The molecule has 0 aliphatic heterocycles. The van der Waals surface area contributed by atoms with Crippen LogP contribution in [-0.2, 0) is 9.53 Å². The fourth-order valence-corrected chi connectivity index (χ4v) is 2.34. The number of carboxylic acid groups (broad SMARTS) is 1. The van der Waals surface area contributed by atoms with Crippen LogP contribution in [0.2, 0.25) is 0 Å². The Balaban J connectivity index is 2.88. The highest BCUT2D eigenvalue weighted by Gasteiger charge is 2.13. The molecule has 0 saturated heterocycles. The Labute approximate surface area is 115 Å². The normalized spacial score (nSPS) is 10.3. The molecule has 0 bridgehead atoms. The van der Waals surface area contributed by atoms with Crippen molar-refractivity contribution in [2.45, 2.75) is 4.90 Å². The molecule has 0 aromatic heterocycles. The van der Waals surface area contributed by atoms with Gasteiger partial charge in [-0.2, -0.15) is 0 Å². The Kier molecular flexibility index (Phi) is 5.65. The van der Waals surface area contributed by atoms with E-state index in [9.17, 15) is 9.59 Å². The lowest BCUT2D eigenvalue weighted by molar-refractivity contribution is -0.140. The lowest BCUT2D eigenvalue weighted by Gasteiger charge is -2.16. The van der Waals surface area contributed by atoms with Crippen LogP contribution in [0.15, 0.2) is 23.1 Å². The third-order valence-corrected chi connectivity index (χ3v) is 3.31. The van der Waals surface area contributed by atoms with Crippen LogP contribution in [0.1, 0.15) is 10.4 Å². The van der Waals surface area contributed by atoms with E-state index in [0.717, 1.165) is 10.6 Å². The molecule has 0 heterocycles. The van der Waals surface area contributed by atoms with E-state index >= 15 is 0 Å². The first kappa shape index (κ1) is 15.3. The maximum absolute atomic E-state index is 11.2. The van der Waals surface area contributed by atoms with Gasteiger partial charge in [-0.05, 0) is 37.2 Å². The number of hydrogen-bond acceptors (Lipinski definition) is 6. The quantitative estimate of drug-likeness (QED) is 0.606. The summed E-state index contributed by atoms with van der Waals surface area (Å²) in [6.07, 6.45) is 0. The van der Waals surface area contributed by atoms with Crippen molar-refractivity contribution in [1.29, 1.82) is 0 Å². The smallest absolute Gasteiger partial charge is 0.335 e. The van der Waals surface area contributed by atoms with Gasteiger partial charge in [0.25, 0.3) is 0 Å². The molecular weight excluding hydrogens is 268 g/mol. The highest BCUT2D eigenvalue weighted by atomic mass is 32.2. The number of ether oxygens (including phenoxy) is 1. The summed E-state index contributed by atoms with van der Waals surface area (Å²) in [5, 5.41) is 12.0. The summed E-state index contributed by atoms with van der Waals surface area (Å²) in [5.74, 6) is -1.34. The molecule has 0 unspecified atom stereocenters. The van der Waals surface area contributed by atoms with Crippen LogP contribution in [0.5, 0.6) is 0 Å². The molecule has 6 nitrogen and oxygen atoms in total. The largest absolute Gasteiger partial charge is 0.478 e. The van der Waals surface area contributed by atoms with Crippen LogP contribution in [0.25, 0.3) is 0 Å². The van der Waals surface area contributed by atoms with Crippen molar-refractivity contribution in [3.63, 3.8) is 0 Å². The molecule has 1 rings (SSSR count). The number of rotatable bonds is 6. The maximum Gasteiger partial charge on any atom is 0.335 e. The van der Waals surface area contributed by atoms with Crippen molar-refractivity contribution in [3.05, 3.63) is 23.8 Å². The zero-order valence-corrected chi connectivity index (χ0v) is 11.8. The minimum atomic E-state index is -0.986. The zero-order valence-electron chi connectivity index (χ0n) is 11.0. The molecule has 0 spiro atoms. The minimum Gasteiger partial charge on any atom is -0.478 e. The topological polar surface area (TPSA) is 78.9 Å². The van der Waals surface area contributed by atoms with E-state index in [1.807, 2.05) is 0 Å². The molecule has 19 heavy (non-hydrogen) atoms. The number of aromatic carboxylic acids is 1.